The molecule has 0 fully saturated rings. The van der Waals surface area contributed by atoms with Gasteiger partial charge in [0.15, 0.2) is 5.65 Å². The van der Waals surface area contributed by atoms with Crippen molar-refractivity contribution in [2.24, 2.45) is 5.41 Å². The number of nitrogens with one attached hydrogen (secondary N) is 3. The van der Waals surface area contributed by atoms with E-state index in [4.69, 9.17) is 4.98 Å². The first-order valence-corrected chi connectivity index (χ1v) is 12.0. The predicted octanol–water partition coefficient (Wildman–Crippen LogP) is 3.87. The molecule has 0 saturated carbocycles. The van der Waals surface area contributed by atoms with Crippen LogP contribution >= 0.6 is 11.3 Å². The van der Waals surface area contributed by atoms with Crippen LogP contribution in [0.4, 0.5) is 0 Å². The molecule has 0 aromatic carbocycles. The molecule has 34 heavy (non-hydrogen) atoms. The van der Waals surface area contributed by atoms with E-state index in [1.165, 1.54) is 11.3 Å². The van der Waals surface area contributed by atoms with Gasteiger partial charge in [-0.1, -0.05) is 20.8 Å². The minimum Gasteiger partial charge on any atom is -0.349 e. The topological polar surface area (TPSA) is 118 Å². The lowest BCUT2D eigenvalue weighted by Crippen LogP contribution is -2.41. The Morgan fingerprint density at radius 3 is 2.68 bits per heavy atom. The number of carbonyl (C=O) groups excluding carboxylic acids is 2. The number of hydrogen-bond donors (Lipinski definition) is 3. The largest absolute Gasteiger partial charge is 0.349 e. The van der Waals surface area contributed by atoms with Crippen LogP contribution in [0.15, 0.2) is 43.0 Å². The molecule has 4 aromatic rings. The monoisotopic (exact) mass is 479 g/mol. The van der Waals surface area contributed by atoms with E-state index >= 15 is 0 Å². The van der Waals surface area contributed by atoms with Crippen molar-refractivity contribution in [2.75, 3.05) is 0 Å². The van der Waals surface area contributed by atoms with Crippen LogP contribution in [0.5, 0.6) is 0 Å². The van der Waals surface area contributed by atoms with Gasteiger partial charge in [0.1, 0.15) is 5.52 Å². The van der Waals surface area contributed by atoms with Crippen LogP contribution < -0.4 is 10.6 Å². The van der Waals surface area contributed by atoms with Gasteiger partial charge >= 0.3 is 0 Å². The van der Waals surface area contributed by atoms with Crippen LogP contribution in [-0.4, -0.2) is 48.6 Å². The van der Waals surface area contributed by atoms with Gasteiger partial charge in [0, 0.05) is 30.7 Å². The number of fused-ring (bicyclic) bond motifs is 1. The number of rotatable bonds is 7. The molecule has 0 bridgehead atoms. The molecule has 9 nitrogen and oxygen atoms in total. The van der Waals surface area contributed by atoms with Crippen LogP contribution in [0.25, 0.3) is 21.7 Å². The van der Waals surface area contributed by atoms with Crippen molar-refractivity contribution in [1.29, 1.82) is 0 Å². The summed E-state index contributed by atoms with van der Waals surface area (Å²) < 4.78 is 1.78. The molecule has 1 unspecified atom stereocenters. The molecule has 2 amide bonds. The fourth-order valence-corrected chi connectivity index (χ4v) is 4.16. The summed E-state index contributed by atoms with van der Waals surface area (Å²) in [6.07, 6.45) is 6.85. The van der Waals surface area contributed by atoms with E-state index in [2.05, 4.69) is 46.5 Å². The maximum absolute atomic E-state index is 12.9. The summed E-state index contributed by atoms with van der Waals surface area (Å²) >= 11 is 1.34. The third-order valence-electron chi connectivity index (χ3n) is 5.75. The number of H-pyrrole nitrogens is 1. The standard InChI is InChI=1S/C24H29N7O2S/c1-14(13-31-10-6-9-27-31)28-23(33)19-8-7-18(34-19)17-12-26-21-20(30-17)16(11-25-21)22(32)29-15(2)24(3,4)5/h6-12,14-15H,13H2,1-5H3,(H,25,26)(H,28,33)(H,29,32)/t14-,15?/m0/s1. The average Bonchev–Trinajstić information content (AvgIpc) is 3.52. The minimum atomic E-state index is -0.197. The van der Waals surface area contributed by atoms with Gasteiger partial charge in [-0.15, -0.1) is 11.3 Å². The zero-order valence-electron chi connectivity index (χ0n) is 19.9. The summed E-state index contributed by atoms with van der Waals surface area (Å²) in [7, 11) is 0. The van der Waals surface area contributed by atoms with Crippen molar-refractivity contribution in [3.63, 3.8) is 0 Å². The lowest BCUT2D eigenvalue weighted by atomic mass is 9.88. The second-order valence-corrected chi connectivity index (χ2v) is 10.6. The second kappa shape index (κ2) is 9.38. The fourth-order valence-electron chi connectivity index (χ4n) is 3.30. The first kappa shape index (κ1) is 23.6. The van der Waals surface area contributed by atoms with Crippen molar-refractivity contribution < 1.29 is 9.59 Å². The summed E-state index contributed by atoms with van der Waals surface area (Å²) in [6.45, 7) is 10.7. The van der Waals surface area contributed by atoms with E-state index in [0.717, 1.165) is 4.88 Å². The van der Waals surface area contributed by atoms with Crippen molar-refractivity contribution in [2.45, 2.75) is 53.2 Å². The van der Waals surface area contributed by atoms with E-state index in [1.54, 1.807) is 29.3 Å². The minimum absolute atomic E-state index is 0.0184. The molecule has 4 heterocycles. The third kappa shape index (κ3) is 5.17. The molecule has 4 rings (SSSR count). The molecule has 0 aliphatic rings. The van der Waals surface area contributed by atoms with Crippen molar-refractivity contribution in [3.8, 4) is 10.6 Å². The van der Waals surface area contributed by atoms with Crippen LogP contribution in [0.3, 0.4) is 0 Å². The van der Waals surface area contributed by atoms with Gasteiger partial charge in [-0.3, -0.25) is 14.3 Å². The van der Waals surface area contributed by atoms with E-state index in [0.29, 0.717) is 33.8 Å². The fraction of sp³-hybridized carbons (Fsp3) is 0.375. The number of aromatic amines is 1. The van der Waals surface area contributed by atoms with Crippen molar-refractivity contribution in [3.05, 3.63) is 53.4 Å². The predicted molar refractivity (Wildman–Crippen MR) is 133 cm³/mol. The Morgan fingerprint density at radius 1 is 1.18 bits per heavy atom. The molecular weight excluding hydrogens is 450 g/mol. The van der Waals surface area contributed by atoms with Crippen molar-refractivity contribution in [1.82, 2.24) is 35.4 Å². The van der Waals surface area contributed by atoms with E-state index in [1.807, 2.05) is 32.2 Å². The Balaban J connectivity index is 1.50. The number of amides is 2. The number of carbonyl (C=O) groups is 2. The van der Waals surface area contributed by atoms with Gasteiger partial charge < -0.3 is 15.6 Å². The number of thiophene rings is 1. The van der Waals surface area contributed by atoms with Gasteiger partial charge in [0.05, 0.1) is 33.8 Å². The molecule has 0 spiro atoms. The Kier molecular flexibility index (Phi) is 6.52. The highest BCUT2D eigenvalue weighted by Gasteiger charge is 2.24. The van der Waals surface area contributed by atoms with Gasteiger partial charge in [-0.25, -0.2) is 9.97 Å². The third-order valence-corrected chi connectivity index (χ3v) is 6.86. The van der Waals surface area contributed by atoms with Crippen molar-refractivity contribution >= 4 is 34.3 Å². The van der Waals surface area contributed by atoms with Gasteiger partial charge in [0.25, 0.3) is 11.8 Å². The van der Waals surface area contributed by atoms with E-state index in [-0.39, 0.29) is 29.3 Å². The first-order chi connectivity index (χ1) is 16.1. The number of aromatic nitrogens is 5. The summed E-state index contributed by atoms with van der Waals surface area (Å²) in [5, 5.41) is 10.2. The molecule has 0 aliphatic heterocycles. The second-order valence-electron chi connectivity index (χ2n) is 9.48. The van der Waals surface area contributed by atoms with Gasteiger partial charge in [-0.05, 0) is 37.5 Å². The summed E-state index contributed by atoms with van der Waals surface area (Å²) in [5.74, 6) is -0.347. The Bertz CT molecular complexity index is 1300. The normalized spacial score (nSPS) is 13.6. The van der Waals surface area contributed by atoms with E-state index < -0.39 is 0 Å². The summed E-state index contributed by atoms with van der Waals surface area (Å²) in [4.78, 5) is 39.1. The van der Waals surface area contributed by atoms with Crippen LogP contribution in [0.1, 0.15) is 54.6 Å². The quantitative estimate of drug-likeness (QED) is 0.372. The molecular formula is C24H29N7O2S. The summed E-state index contributed by atoms with van der Waals surface area (Å²) in [5.41, 5.74) is 2.03. The molecule has 3 N–H and O–H groups in total. The Hall–Kier alpha value is -3.53. The molecule has 10 heteroatoms. The average molecular weight is 480 g/mol. The molecule has 4 aromatic heterocycles. The molecule has 0 aliphatic carbocycles. The zero-order chi connectivity index (χ0) is 24.5. The zero-order valence-corrected chi connectivity index (χ0v) is 20.7. The molecule has 178 valence electrons. The van der Waals surface area contributed by atoms with Crippen LogP contribution in [0.2, 0.25) is 0 Å². The van der Waals surface area contributed by atoms with Gasteiger partial charge in [-0.2, -0.15) is 5.10 Å². The SMILES string of the molecule is CC(NC(=O)c1c[nH]c2ncc(-c3ccc(C(=O)N[C@@H](C)Cn4cccn4)s3)nc12)C(C)(C)C. The van der Waals surface area contributed by atoms with Crippen LogP contribution in [0, 0.1) is 5.41 Å². The Labute approximate surface area is 202 Å². The highest BCUT2D eigenvalue weighted by atomic mass is 32.1. The van der Waals surface area contributed by atoms with Gasteiger partial charge in [0.2, 0.25) is 0 Å². The van der Waals surface area contributed by atoms with Crippen LogP contribution in [-0.2, 0) is 6.54 Å². The molecule has 0 radical (unpaired) electrons. The highest BCUT2D eigenvalue weighted by molar-refractivity contribution is 7.17. The summed E-state index contributed by atoms with van der Waals surface area (Å²) in [6, 6.07) is 5.38. The number of hydrogen-bond acceptors (Lipinski definition) is 6. The highest BCUT2D eigenvalue weighted by Crippen LogP contribution is 2.28. The molecule has 0 saturated heterocycles. The maximum Gasteiger partial charge on any atom is 0.261 e. The lowest BCUT2D eigenvalue weighted by Gasteiger charge is -2.27. The van der Waals surface area contributed by atoms with E-state index in [9.17, 15) is 9.59 Å². The maximum atomic E-state index is 12.9. The first-order valence-electron chi connectivity index (χ1n) is 11.2. The smallest absolute Gasteiger partial charge is 0.261 e. The number of nitrogens with zero attached hydrogens (tertiary/aromatic N) is 4. The lowest BCUT2D eigenvalue weighted by molar-refractivity contribution is 0.0909. The Morgan fingerprint density at radius 2 is 1.97 bits per heavy atom. The molecule has 2 atom stereocenters.